The van der Waals surface area contributed by atoms with Crippen molar-refractivity contribution in [2.75, 3.05) is 39.4 Å². The molecule has 0 aromatic heterocycles. The normalized spacial score (nSPS) is 21.7. The minimum absolute atomic E-state index is 0.134. The monoisotopic (exact) mass is 640 g/mol. The number of methoxy groups -OCH3 is 2. The van der Waals surface area contributed by atoms with Crippen LogP contribution in [0.25, 0.3) is 0 Å². The Kier molecular flexibility index (Phi) is 9.08. The Morgan fingerprint density at radius 2 is 1.43 bits per heavy atom. The summed E-state index contributed by atoms with van der Waals surface area (Å²) in [6.45, 7) is 4.47. The molecule has 0 radical (unpaired) electrons. The van der Waals surface area contributed by atoms with Gasteiger partial charge in [0.1, 0.15) is 6.23 Å². The van der Waals surface area contributed by atoms with Crippen molar-refractivity contribution in [3.8, 4) is 23.0 Å². The van der Waals surface area contributed by atoms with Gasteiger partial charge in [-0.2, -0.15) is 0 Å². The smallest absolute Gasteiger partial charge is 0.260 e. The zero-order valence-corrected chi connectivity index (χ0v) is 27.3. The van der Waals surface area contributed by atoms with E-state index in [4.69, 9.17) is 18.9 Å². The largest absolute Gasteiger partial charge is 0.493 e. The van der Waals surface area contributed by atoms with Gasteiger partial charge in [-0.1, -0.05) is 24.3 Å². The van der Waals surface area contributed by atoms with Gasteiger partial charge in [0.25, 0.3) is 11.8 Å². The van der Waals surface area contributed by atoms with E-state index in [-0.39, 0.29) is 17.9 Å². The third-order valence-electron chi connectivity index (χ3n) is 8.78. The van der Waals surface area contributed by atoms with E-state index in [1.54, 1.807) is 58.4 Å². The van der Waals surface area contributed by atoms with Crippen LogP contribution in [0.5, 0.6) is 23.0 Å². The lowest BCUT2D eigenvalue weighted by Crippen LogP contribution is -2.46. The van der Waals surface area contributed by atoms with Gasteiger partial charge >= 0.3 is 0 Å². The molecule has 0 fully saturated rings. The summed E-state index contributed by atoms with van der Waals surface area (Å²) in [6.07, 6.45) is 14.2. The summed E-state index contributed by atoms with van der Waals surface area (Å²) in [5.41, 5.74) is 4.02. The number of aliphatic imine (C=N–C) groups is 1. The molecule has 0 saturated heterocycles. The number of anilines is 1. The number of likely N-dealkylation sites (N-methyl/N-ethyl adjacent to an activating group) is 1. The fourth-order valence-electron chi connectivity index (χ4n) is 6.43. The van der Waals surface area contributed by atoms with Crippen molar-refractivity contribution >= 4 is 29.4 Å². The topological polar surface area (TPSA) is 113 Å². The van der Waals surface area contributed by atoms with Crippen LogP contribution in [0, 0.1) is 0 Å². The summed E-state index contributed by atoms with van der Waals surface area (Å²) in [5, 5.41) is 11.2. The Bertz CT molecular complexity index is 1730. The van der Waals surface area contributed by atoms with E-state index < -0.39 is 12.3 Å². The molecule has 246 valence electrons. The fourth-order valence-corrected chi connectivity index (χ4v) is 6.43. The highest BCUT2D eigenvalue weighted by Gasteiger charge is 2.41. The summed E-state index contributed by atoms with van der Waals surface area (Å²) in [5.74, 6) is 1.45. The van der Waals surface area contributed by atoms with E-state index in [0.29, 0.717) is 78.0 Å². The fraction of sp³-hybridized carbons (Fsp3) is 0.361. The molecule has 4 aliphatic heterocycles. The van der Waals surface area contributed by atoms with E-state index in [9.17, 15) is 14.7 Å². The van der Waals surface area contributed by atoms with E-state index in [0.717, 1.165) is 11.1 Å². The van der Waals surface area contributed by atoms with Crippen molar-refractivity contribution in [3.63, 3.8) is 0 Å². The first-order valence-corrected chi connectivity index (χ1v) is 15.7. The summed E-state index contributed by atoms with van der Waals surface area (Å²) < 4.78 is 23.4. The van der Waals surface area contributed by atoms with Crippen molar-refractivity contribution in [2.45, 2.75) is 51.4 Å². The second kappa shape index (κ2) is 13.4. The first-order valence-electron chi connectivity index (χ1n) is 15.7. The van der Waals surface area contributed by atoms with Gasteiger partial charge < -0.3 is 38.8 Å². The number of hydrogen-bond acceptors (Lipinski definition) is 9. The van der Waals surface area contributed by atoms with E-state index in [2.05, 4.69) is 4.99 Å². The number of carbonyl (C=O) groups excluding carboxylic acids is 2. The summed E-state index contributed by atoms with van der Waals surface area (Å²) in [6, 6.07) is 6.28. The molecule has 0 unspecified atom stereocenters. The van der Waals surface area contributed by atoms with Gasteiger partial charge in [-0.05, 0) is 50.0 Å². The van der Waals surface area contributed by atoms with Crippen molar-refractivity contribution in [2.24, 2.45) is 4.99 Å². The number of ether oxygens (including phenoxy) is 4. The van der Waals surface area contributed by atoms with Crippen LogP contribution in [0.15, 0.2) is 77.1 Å². The molecule has 11 heteroatoms. The highest BCUT2D eigenvalue weighted by atomic mass is 16.5. The van der Waals surface area contributed by atoms with Crippen LogP contribution >= 0.6 is 0 Å². The maximum atomic E-state index is 13.6. The summed E-state index contributed by atoms with van der Waals surface area (Å²) in [4.78, 5) is 36.7. The number of amides is 2. The standard InChI is InChI=1S/C36H40N4O7/c1-6-9-22-13-24-19-37-27-17-32(30(44-4)15-25(27)34(41)39(24)20-22)46-11-8-12-47-33-18-28-26(16-31(33)45-5)35(42)40-21-23(10-7-2)14-29(40)36(43)38(28)3/h6-7,9-10,15-21,24,29,36,43H,8,11-14H2,1-5H3/b9-6+,10-7+/t24-,29-,36-/m0/s1. The number of allylic oxidation sites excluding steroid dienone is 4. The molecule has 1 N–H and O–H groups in total. The van der Waals surface area contributed by atoms with Crippen LogP contribution in [0.1, 0.15) is 53.8 Å². The molecule has 0 saturated carbocycles. The Labute approximate surface area is 274 Å². The number of aliphatic hydroxyl groups excluding tert-OH is 1. The number of rotatable bonds is 10. The SMILES string of the molecule is C/C=C/C1=CN2C(=O)c3cc(OC)c(OCCCOc4cc5c(cc4OC)C(=O)N4C=C(/C=C/C)C[C@H]4[C@H](O)N5C)cc3N=C[C@@H]2C1. The van der Waals surface area contributed by atoms with Gasteiger partial charge in [0, 0.05) is 44.2 Å². The lowest BCUT2D eigenvalue weighted by Gasteiger charge is -2.31. The van der Waals surface area contributed by atoms with Crippen molar-refractivity contribution in [1.82, 2.24) is 9.80 Å². The van der Waals surface area contributed by atoms with Crippen LogP contribution in [0.3, 0.4) is 0 Å². The molecule has 11 nitrogen and oxygen atoms in total. The second-order valence-corrected chi connectivity index (χ2v) is 11.8. The molecule has 4 aliphatic rings. The predicted molar refractivity (Wildman–Crippen MR) is 179 cm³/mol. The van der Waals surface area contributed by atoms with Crippen LogP contribution in [-0.4, -0.2) is 85.7 Å². The molecule has 3 atom stereocenters. The van der Waals surface area contributed by atoms with Gasteiger partial charge in [-0.3, -0.25) is 14.6 Å². The Morgan fingerprint density at radius 3 is 2.09 bits per heavy atom. The molecule has 2 aromatic carbocycles. The quantitative estimate of drug-likeness (QED) is 0.345. The lowest BCUT2D eigenvalue weighted by molar-refractivity contribution is 0.0591. The number of carbonyl (C=O) groups is 2. The number of nitrogens with zero attached hydrogens (tertiary/aromatic N) is 4. The van der Waals surface area contributed by atoms with E-state index in [1.165, 1.54) is 14.2 Å². The molecular weight excluding hydrogens is 600 g/mol. The highest BCUT2D eigenvalue weighted by molar-refractivity contribution is 6.04. The maximum absolute atomic E-state index is 13.6. The molecule has 0 bridgehead atoms. The van der Waals surface area contributed by atoms with Crippen LogP contribution < -0.4 is 23.8 Å². The second-order valence-electron chi connectivity index (χ2n) is 11.8. The van der Waals surface area contributed by atoms with Gasteiger partial charge in [0.05, 0.1) is 62.0 Å². The Morgan fingerprint density at radius 1 is 0.830 bits per heavy atom. The first kappa shape index (κ1) is 31.9. The Balaban J connectivity index is 1.13. The van der Waals surface area contributed by atoms with Gasteiger partial charge in [0.2, 0.25) is 0 Å². The zero-order valence-electron chi connectivity index (χ0n) is 27.3. The first-order chi connectivity index (χ1) is 22.8. The summed E-state index contributed by atoms with van der Waals surface area (Å²) >= 11 is 0. The third kappa shape index (κ3) is 5.98. The van der Waals surface area contributed by atoms with Crippen LogP contribution in [-0.2, 0) is 0 Å². The molecule has 6 rings (SSSR count). The van der Waals surface area contributed by atoms with E-state index in [1.807, 2.05) is 44.4 Å². The number of benzene rings is 2. The minimum Gasteiger partial charge on any atom is -0.493 e. The van der Waals surface area contributed by atoms with Gasteiger partial charge in [0.15, 0.2) is 23.0 Å². The van der Waals surface area contributed by atoms with Gasteiger partial charge in [-0.25, -0.2) is 0 Å². The molecule has 0 spiro atoms. The number of aliphatic hydroxyl groups is 1. The Hall–Kier alpha value is -5.03. The maximum Gasteiger partial charge on any atom is 0.260 e. The lowest BCUT2D eigenvalue weighted by atomic mass is 10.1. The molecule has 4 heterocycles. The van der Waals surface area contributed by atoms with Crippen LogP contribution in [0.2, 0.25) is 0 Å². The zero-order chi connectivity index (χ0) is 33.2. The molecular formula is C36H40N4O7. The average Bonchev–Trinajstić information content (AvgIpc) is 3.65. The van der Waals surface area contributed by atoms with Crippen molar-refractivity contribution < 1.29 is 33.6 Å². The average molecular weight is 641 g/mol. The molecule has 47 heavy (non-hydrogen) atoms. The van der Waals surface area contributed by atoms with E-state index >= 15 is 0 Å². The predicted octanol–water partition coefficient (Wildman–Crippen LogP) is 5.38. The molecule has 2 amide bonds. The third-order valence-corrected chi connectivity index (χ3v) is 8.78. The van der Waals surface area contributed by atoms with Crippen molar-refractivity contribution in [1.29, 1.82) is 0 Å². The van der Waals surface area contributed by atoms with Gasteiger partial charge in [-0.15, -0.1) is 0 Å². The highest BCUT2D eigenvalue weighted by Crippen LogP contribution is 2.42. The molecule has 2 aromatic rings. The minimum atomic E-state index is -0.909. The molecule has 0 aliphatic carbocycles. The van der Waals surface area contributed by atoms with Crippen molar-refractivity contribution in [3.05, 3.63) is 83.2 Å². The van der Waals surface area contributed by atoms with Crippen LogP contribution in [0.4, 0.5) is 11.4 Å². The number of hydrogen-bond donors (Lipinski definition) is 1. The number of fused-ring (bicyclic) bond motifs is 4. The summed E-state index contributed by atoms with van der Waals surface area (Å²) in [7, 11) is 4.83.